The van der Waals surface area contributed by atoms with E-state index in [2.05, 4.69) is 0 Å². The van der Waals surface area contributed by atoms with Gasteiger partial charge in [0, 0.05) is 12.6 Å². The molecule has 88 valence electrons. The van der Waals surface area contributed by atoms with Gasteiger partial charge in [-0.1, -0.05) is 0 Å². The lowest BCUT2D eigenvalue weighted by Crippen LogP contribution is -2.14. The molecule has 1 aromatic carbocycles. The Balaban J connectivity index is 3.55. The number of alkyl halides is 3. The van der Waals surface area contributed by atoms with Crippen LogP contribution in [0.4, 0.5) is 18.9 Å². The van der Waals surface area contributed by atoms with Gasteiger partial charge in [-0.25, -0.2) is 0 Å². The van der Waals surface area contributed by atoms with Crippen LogP contribution >= 0.6 is 0 Å². The van der Waals surface area contributed by atoms with Gasteiger partial charge in [-0.15, -0.1) is 0 Å². The van der Waals surface area contributed by atoms with E-state index in [9.17, 15) is 23.3 Å². The van der Waals surface area contributed by atoms with E-state index in [-0.39, 0.29) is 5.56 Å². The Kier molecular flexibility index (Phi) is 3.18. The Morgan fingerprint density at radius 1 is 1.44 bits per heavy atom. The molecule has 0 bridgehead atoms. The molecule has 2 N–H and O–H groups in total. The summed E-state index contributed by atoms with van der Waals surface area (Å²) in [5, 5.41) is 10.6. The average Bonchev–Trinajstić information content (AvgIpc) is 2.14. The molecular formula is C9H9F3N2O2. The van der Waals surface area contributed by atoms with Crippen molar-refractivity contribution in [2.75, 3.05) is 0 Å². The van der Waals surface area contributed by atoms with E-state index in [1.54, 1.807) is 0 Å². The van der Waals surface area contributed by atoms with Gasteiger partial charge in [0.25, 0.3) is 5.69 Å². The van der Waals surface area contributed by atoms with Crippen molar-refractivity contribution < 1.29 is 18.1 Å². The number of benzene rings is 1. The Hall–Kier alpha value is -1.63. The zero-order valence-corrected chi connectivity index (χ0v) is 8.34. The first-order valence-corrected chi connectivity index (χ1v) is 4.32. The van der Waals surface area contributed by atoms with Gasteiger partial charge in [-0.2, -0.15) is 13.2 Å². The molecule has 0 heterocycles. The fourth-order valence-electron chi connectivity index (χ4n) is 1.43. The van der Waals surface area contributed by atoms with Gasteiger partial charge in [0.2, 0.25) is 0 Å². The summed E-state index contributed by atoms with van der Waals surface area (Å²) < 4.78 is 37.7. The smallest absolute Gasteiger partial charge is 0.326 e. The first-order valence-electron chi connectivity index (χ1n) is 4.32. The molecule has 4 nitrogen and oxygen atoms in total. The Labute approximate surface area is 89.0 Å². The Morgan fingerprint density at radius 2 is 2.00 bits per heavy atom. The molecule has 0 fully saturated rings. The molecule has 7 heteroatoms. The molecule has 0 spiro atoms. The Bertz CT molecular complexity index is 429. The van der Waals surface area contributed by atoms with Crippen molar-refractivity contribution in [3.63, 3.8) is 0 Å². The fraction of sp³-hybridized carbons (Fsp3) is 0.333. The summed E-state index contributed by atoms with van der Waals surface area (Å²) in [6.45, 7) is 0.841. The number of halogens is 3. The number of nitrogens with zero attached hydrogens (tertiary/aromatic N) is 1. The van der Waals surface area contributed by atoms with Crippen LogP contribution in [-0.4, -0.2) is 4.92 Å². The molecular weight excluding hydrogens is 225 g/mol. The molecule has 1 rings (SSSR count). The maximum Gasteiger partial charge on any atom is 0.416 e. The maximum atomic E-state index is 12.6. The lowest BCUT2D eigenvalue weighted by molar-refractivity contribution is -0.385. The van der Waals surface area contributed by atoms with Gasteiger partial charge in [0.1, 0.15) is 0 Å². The van der Waals surface area contributed by atoms with E-state index in [0.717, 1.165) is 12.1 Å². The molecule has 0 aromatic heterocycles. The van der Waals surface area contributed by atoms with Crippen LogP contribution in [0.5, 0.6) is 0 Å². The second kappa shape index (κ2) is 4.09. The monoisotopic (exact) mass is 234 g/mol. The van der Waals surface area contributed by atoms with Crippen molar-refractivity contribution in [3.8, 4) is 0 Å². The highest BCUT2D eigenvalue weighted by molar-refractivity contribution is 5.49. The van der Waals surface area contributed by atoms with Gasteiger partial charge in [-0.3, -0.25) is 10.1 Å². The maximum absolute atomic E-state index is 12.6. The first kappa shape index (κ1) is 12.4. The topological polar surface area (TPSA) is 69.2 Å². The van der Waals surface area contributed by atoms with Gasteiger partial charge in [0.15, 0.2) is 0 Å². The van der Waals surface area contributed by atoms with Crippen LogP contribution in [0.15, 0.2) is 12.1 Å². The number of nitro groups is 1. The summed E-state index contributed by atoms with van der Waals surface area (Å²) in [5.41, 5.74) is 3.20. The molecule has 16 heavy (non-hydrogen) atoms. The summed E-state index contributed by atoms with van der Waals surface area (Å²) in [5.74, 6) is 0. The predicted molar refractivity (Wildman–Crippen MR) is 50.7 cm³/mol. The molecule has 0 aliphatic rings. The van der Waals surface area contributed by atoms with E-state index >= 15 is 0 Å². The summed E-state index contributed by atoms with van der Waals surface area (Å²) in [4.78, 5) is 9.74. The summed E-state index contributed by atoms with van der Waals surface area (Å²) in [7, 11) is 0. The minimum absolute atomic E-state index is 0.177. The highest BCUT2D eigenvalue weighted by atomic mass is 19.4. The molecule has 0 amide bonds. The van der Waals surface area contributed by atoms with Gasteiger partial charge < -0.3 is 5.73 Å². The molecule has 0 unspecified atom stereocenters. The average molecular weight is 234 g/mol. The lowest BCUT2D eigenvalue weighted by atomic mass is 10.0. The van der Waals surface area contributed by atoms with E-state index in [0.29, 0.717) is 0 Å². The highest BCUT2D eigenvalue weighted by Gasteiger charge is 2.36. The highest BCUT2D eigenvalue weighted by Crippen LogP contribution is 2.36. The van der Waals surface area contributed by atoms with E-state index < -0.39 is 34.5 Å². The van der Waals surface area contributed by atoms with E-state index in [1.165, 1.54) is 6.92 Å². The fourth-order valence-corrected chi connectivity index (χ4v) is 1.43. The van der Waals surface area contributed by atoms with E-state index in [4.69, 9.17) is 5.73 Å². The van der Waals surface area contributed by atoms with Crippen LogP contribution in [-0.2, 0) is 12.7 Å². The van der Waals surface area contributed by atoms with E-state index in [1.807, 2.05) is 0 Å². The van der Waals surface area contributed by atoms with Crippen LogP contribution in [0.25, 0.3) is 0 Å². The molecule has 0 aliphatic heterocycles. The van der Waals surface area contributed by atoms with Crippen LogP contribution in [0.1, 0.15) is 16.7 Å². The number of hydrogen-bond donors (Lipinski definition) is 1. The minimum Gasteiger partial charge on any atom is -0.326 e. The van der Waals surface area contributed by atoms with Crippen molar-refractivity contribution in [2.24, 2.45) is 5.73 Å². The predicted octanol–water partition coefficient (Wildman–Crippen LogP) is 2.38. The van der Waals surface area contributed by atoms with Gasteiger partial charge in [0.05, 0.1) is 16.1 Å². The molecule has 0 saturated heterocycles. The van der Waals surface area contributed by atoms with Crippen LogP contribution in [0.2, 0.25) is 0 Å². The normalized spacial score (nSPS) is 11.6. The molecule has 0 aliphatic carbocycles. The standard InChI is InChI=1S/C9H9F3N2O2/c1-5-2-7(9(10,11)12)6(4-13)8(3-5)14(15)16/h2-3H,4,13H2,1H3. The molecule has 0 saturated carbocycles. The van der Waals surface area contributed by atoms with Crippen LogP contribution in [0.3, 0.4) is 0 Å². The number of rotatable bonds is 2. The molecule has 1 aromatic rings. The van der Waals surface area contributed by atoms with Crippen molar-refractivity contribution >= 4 is 5.69 Å². The van der Waals surface area contributed by atoms with Crippen molar-refractivity contribution in [1.82, 2.24) is 0 Å². The number of aryl methyl sites for hydroxylation is 1. The van der Waals surface area contributed by atoms with Crippen molar-refractivity contribution in [2.45, 2.75) is 19.6 Å². The third-order valence-corrected chi connectivity index (χ3v) is 2.08. The summed E-state index contributed by atoms with van der Waals surface area (Å²) in [6.07, 6.45) is -4.63. The second-order valence-electron chi connectivity index (χ2n) is 3.27. The van der Waals surface area contributed by atoms with Crippen LogP contribution < -0.4 is 5.73 Å². The number of nitrogens with two attached hydrogens (primary N) is 1. The molecule has 0 atom stereocenters. The van der Waals surface area contributed by atoms with Crippen LogP contribution in [0, 0.1) is 17.0 Å². The van der Waals surface area contributed by atoms with Crippen molar-refractivity contribution in [1.29, 1.82) is 0 Å². The van der Waals surface area contributed by atoms with Crippen molar-refractivity contribution in [3.05, 3.63) is 38.9 Å². The third-order valence-electron chi connectivity index (χ3n) is 2.08. The lowest BCUT2D eigenvalue weighted by Gasteiger charge is -2.12. The quantitative estimate of drug-likeness (QED) is 0.630. The molecule has 0 radical (unpaired) electrons. The minimum atomic E-state index is -4.63. The number of hydrogen-bond acceptors (Lipinski definition) is 3. The Morgan fingerprint density at radius 3 is 2.38 bits per heavy atom. The second-order valence-corrected chi connectivity index (χ2v) is 3.27. The zero-order valence-electron chi connectivity index (χ0n) is 8.34. The van der Waals surface area contributed by atoms with Gasteiger partial charge >= 0.3 is 6.18 Å². The first-order chi connectivity index (χ1) is 7.27. The van der Waals surface area contributed by atoms with Gasteiger partial charge in [-0.05, 0) is 18.6 Å². The largest absolute Gasteiger partial charge is 0.416 e. The summed E-state index contributed by atoms with van der Waals surface area (Å²) >= 11 is 0. The summed E-state index contributed by atoms with van der Waals surface area (Å²) in [6, 6.07) is 1.94. The third kappa shape index (κ3) is 2.30. The zero-order chi connectivity index (χ0) is 12.5. The number of nitro benzene ring substituents is 1. The SMILES string of the molecule is Cc1cc([N+](=O)[O-])c(CN)c(C(F)(F)F)c1.